The zero-order valence-corrected chi connectivity index (χ0v) is 9.76. The van der Waals surface area contributed by atoms with Crippen molar-refractivity contribution in [2.24, 2.45) is 0 Å². The Morgan fingerprint density at radius 1 is 1.16 bits per heavy atom. The lowest BCUT2D eigenvalue weighted by molar-refractivity contribution is -0.137. The second kappa shape index (κ2) is 5.40. The molecule has 3 nitrogen and oxygen atoms in total. The van der Waals surface area contributed by atoms with Crippen molar-refractivity contribution in [2.45, 2.75) is 19.3 Å². The Morgan fingerprint density at radius 3 is 2.58 bits per heavy atom. The van der Waals surface area contributed by atoms with E-state index >= 15 is 0 Å². The molecule has 0 unspecified atom stereocenters. The first-order chi connectivity index (χ1) is 8.95. The van der Waals surface area contributed by atoms with Crippen LogP contribution < -0.4 is 5.32 Å². The molecule has 7 heteroatoms. The number of hydrogen-bond donors (Lipinski definition) is 2. The minimum atomic E-state index is -4.54. The smallest absolute Gasteiger partial charge is 0.307 e. The normalized spacial score (nSPS) is 11.8. The number of benzene rings is 1. The first-order valence-electron chi connectivity index (χ1n) is 5.51. The van der Waals surface area contributed by atoms with Crippen LogP contribution in [0.4, 0.5) is 17.6 Å². The van der Waals surface area contributed by atoms with Crippen LogP contribution in [0.5, 0.6) is 0 Å². The quantitative estimate of drug-likeness (QED) is 0.841. The first kappa shape index (κ1) is 13.5. The second-order valence-electron chi connectivity index (χ2n) is 4.03. The van der Waals surface area contributed by atoms with Crippen LogP contribution >= 0.6 is 0 Å². The van der Waals surface area contributed by atoms with E-state index in [1.807, 2.05) is 0 Å². The molecule has 1 aromatic heterocycles. The molecule has 0 saturated heterocycles. The number of halogens is 4. The Labute approximate surface area is 106 Å². The molecule has 1 aromatic carbocycles. The summed E-state index contributed by atoms with van der Waals surface area (Å²) in [4.78, 5) is 0. The Morgan fingerprint density at radius 2 is 1.95 bits per heavy atom. The summed E-state index contributed by atoms with van der Waals surface area (Å²) < 4.78 is 50.6. The zero-order valence-electron chi connectivity index (χ0n) is 9.76. The van der Waals surface area contributed by atoms with E-state index in [4.69, 9.17) is 0 Å². The Bertz CT molecular complexity index is 534. The van der Waals surface area contributed by atoms with Crippen molar-refractivity contribution in [1.82, 2.24) is 15.5 Å². The van der Waals surface area contributed by atoms with Gasteiger partial charge in [-0.2, -0.15) is 18.3 Å². The van der Waals surface area contributed by atoms with E-state index in [2.05, 4.69) is 15.5 Å². The Balaban J connectivity index is 2.02. The lowest BCUT2D eigenvalue weighted by Gasteiger charge is -2.10. The van der Waals surface area contributed by atoms with Gasteiger partial charge < -0.3 is 5.32 Å². The van der Waals surface area contributed by atoms with E-state index < -0.39 is 17.6 Å². The highest BCUT2D eigenvalue weighted by molar-refractivity contribution is 5.26. The summed E-state index contributed by atoms with van der Waals surface area (Å²) in [7, 11) is 0. The Hall–Kier alpha value is -1.89. The number of nitrogens with zero attached hydrogens (tertiary/aromatic N) is 1. The number of alkyl halides is 3. The number of H-pyrrole nitrogens is 1. The lowest BCUT2D eigenvalue weighted by atomic mass is 10.1. The largest absolute Gasteiger partial charge is 0.416 e. The van der Waals surface area contributed by atoms with Crippen LogP contribution in [0, 0.1) is 5.82 Å². The van der Waals surface area contributed by atoms with Crippen molar-refractivity contribution >= 4 is 0 Å². The SMILES string of the molecule is Fc1cc(CNCc2ccn[nH]2)cc(C(F)(F)F)c1. The molecule has 0 atom stereocenters. The van der Waals surface area contributed by atoms with Crippen LogP contribution in [0.25, 0.3) is 0 Å². The topological polar surface area (TPSA) is 40.7 Å². The number of aromatic amines is 1. The molecule has 0 bridgehead atoms. The van der Waals surface area contributed by atoms with Crippen LogP contribution in [0.1, 0.15) is 16.8 Å². The average molecular weight is 273 g/mol. The summed E-state index contributed by atoms with van der Waals surface area (Å²) in [5.74, 6) is -0.895. The van der Waals surface area contributed by atoms with Gasteiger partial charge in [-0.15, -0.1) is 0 Å². The van der Waals surface area contributed by atoms with Gasteiger partial charge in [-0.1, -0.05) is 0 Å². The average Bonchev–Trinajstić information content (AvgIpc) is 2.80. The maximum absolute atomic E-state index is 13.1. The molecule has 0 aliphatic rings. The molecule has 0 aliphatic carbocycles. The van der Waals surface area contributed by atoms with Crippen molar-refractivity contribution in [3.05, 3.63) is 53.1 Å². The molecule has 2 rings (SSSR count). The highest BCUT2D eigenvalue weighted by Gasteiger charge is 2.31. The van der Waals surface area contributed by atoms with Crippen LogP contribution in [-0.4, -0.2) is 10.2 Å². The van der Waals surface area contributed by atoms with Gasteiger partial charge in [0.05, 0.1) is 5.56 Å². The molecule has 19 heavy (non-hydrogen) atoms. The van der Waals surface area contributed by atoms with Gasteiger partial charge >= 0.3 is 6.18 Å². The fourth-order valence-electron chi connectivity index (χ4n) is 1.64. The third-order valence-electron chi connectivity index (χ3n) is 2.49. The van der Waals surface area contributed by atoms with Crippen molar-refractivity contribution < 1.29 is 17.6 Å². The van der Waals surface area contributed by atoms with E-state index in [1.54, 1.807) is 12.3 Å². The molecule has 0 spiro atoms. The van der Waals surface area contributed by atoms with Gasteiger partial charge in [0.25, 0.3) is 0 Å². The maximum atomic E-state index is 13.1. The molecule has 1 heterocycles. The van der Waals surface area contributed by atoms with Gasteiger partial charge in [0, 0.05) is 25.0 Å². The number of nitrogens with one attached hydrogen (secondary N) is 2. The summed E-state index contributed by atoms with van der Waals surface area (Å²) in [6.45, 7) is 0.553. The maximum Gasteiger partial charge on any atom is 0.416 e. The molecule has 2 N–H and O–H groups in total. The van der Waals surface area contributed by atoms with E-state index in [1.165, 1.54) is 0 Å². The highest BCUT2D eigenvalue weighted by Crippen LogP contribution is 2.30. The molecular formula is C12H11F4N3. The minimum Gasteiger partial charge on any atom is -0.307 e. The van der Waals surface area contributed by atoms with Crippen LogP contribution in [0.3, 0.4) is 0 Å². The third kappa shape index (κ3) is 3.78. The number of rotatable bonds is 4. The fraction of sp³-hybridized carbons (Fsp3) is 0.250. The standard InChI is InChI=1S/C12H11F4N3/c13-10-4-8(3-9(5-10)12(14,15)16)6-17-7-11-1-2-18-19-11/h1-5,17H,6-7H2,(H,18,19). The van der Waals surface area contributed by atoms with Gasteiger partial charge in [0.15, 0.2) is 0 Å². The summed E-state index contributed by atoms with van der Waals surface area (Å²) in [6.07, 6.45) is -2.97. The van der Waals surface area contributed by atoms with Crippen molar-refractivity contribution in [3.63, 3.8) is 0 Å². The zero-order chi connectivity index (χ0) is 13.9. The predicted octanol–water partition coefficient (Wildman–Crippen LogP) is 2.86. The lowest BCUT2D eigenvalue weighted by Crippen LogP contribution is -2.14. The number of aromatic nitrogens is 2. The van der Waals surface area contributed by atoms with Crippen molar-refractivity contribution in [1.29, 1.82) is 0 Å². The molecule has 2 aromatic rings. The molecule has 0 amide bonds. The van der Waals surface area contributed by atoms with Gasteiger partial charge in [0.2, 0.25) is 0 Å². The van der Waals surface area contributed by atoms with E-state index in [0.717, 1.165) is 17.8 Å². The van der Waals surface area contributed by atoms with Crippen LogP contribution in [-0.2, 0) is 19.3 Å². The third-order valence-corrected chi connectivity index (χ3v) is 2.49. The molecular weight excluding hydrogens is 262 g/mol. The summed E-state index contributed by atoms with van der Waals surface area (Å²) in [5.41, 5.74) is 0.0603. The highest BCUT2D eigenvalue weighted by atomic mass is 19.4. The van der Waals surface area contributed by atoms with Gasteiger partial charge in [-0.05, 0) is 29.8 Å². The summed E-state index contributed by atoms with van der Waals surface area (Å²) in [5, 5.41) is 9.34. The van der Waals surface area contributed by atoms with Crippen LogP contribution in [0.2, 0.25) is 0 Å². The second-order valence-corrected chi connectivity index (χ2v) is 4.03. The van der Waals surface area contributed by atoms with Crippen molar-refractivity contribution in [2.75, 3.05) is 0 Å². The van der Waals surface area contributed by atoms with E-state index in [0.29, 0.717) is 12.6 Å². The van der Waals surface area contributed by atoms with Crippen molar-refractivity contribution in [3.8, 4) is 0 Å². The van der Waals surface area contributed by atoms with Gasteiger partial charge in [-0.3, -0.25) is 5.10 Å². The number of hydrogen-bond acceptors (Lipinski definition) is 2. The fourth-order valence-corrected chi connectivity index (χ4v) is 1.64. The van der Waals surface area contributed by atoms with E-state index in [9.17, 15) is 17.6 Å². The van der Waals surface area contributed by atoms with Crippen LogP contribution in [0.15, 0.2) is 30.5 Å². The summed E-state index contributed by atoms with van der Waals surface area (Å²) >= 11 is 0. The molecule has 0 aliphatic heterocycles. The molecule has 102 valence electrons. The minimum absolute atomic E-state index is 0.139. The first-order valence-corrected chi connectivity index (χ1v) is 5.51. The molecule has 0 saturated carbocycles. The van der Waals surface area contributed by atoms with Gasteiger partial charge in [0.1, 0.15) is 5.82 Å². The van der Waals surface area contributed by atoms with Gasteiger partial charge in [-0.25, -0.2) is 4.39 Å². The molecule has 0 radical (unpaired) electrons. The predicted molar refractivity (Wildman–Crippen MR) is 60.5 cm³/mol. The monoisotopic (exact) mass is 273 g/mol. The Kier molecular flexibility index (Phi) is 3.84. The summed E-state index contributed by atoms with van der Waals surface area (Å²) in [6, 6.07) is 4.23. The molecule has 0 fully saturated rings. The van der Waals surface area contributed by atoms with E-state index in [-0.39, 0.29) is 12.1 Å².